The first kappa shape index (κ1) is 16.2. The highest BCUT2D eigenvalue weighted by atomic mass is 32.2. The van der Waals surface area contributed by atoms with Crippen molar-refractivity contribution in [2.45, 2.75) is 23.3 Å². The van der Waals surface area contributed by atoms with Crippen LogP contribution in [0.4, 0.5) is 5.69 Å². The Kier molecular flexibility index (Phi) is 4.04. The van der Waals surface area contributed by atoms with Crippen LogP contribution < -0.4 is 15.8 Å². The van der Waals surface area contributed by atoms with Gasteiger partial charge in [-0.3, -0.25) is 10.0 Å². The molecule has 25 heavy (non-hydrogen) atoms. The van der Waals surface area contributed by atoms with Gasteiger partial charge in [0.05, 0.1) is 5.69 Å². The summed E-state index contributed by atoms with van der Waals surface area (Å²) in [5, 5.41) is 3.19. The number of aliphatic imine (C=N–C) groups is 1. The van der Waals surface area contributed by atoms with Gasteiger partial charge in [-0.15, -0.1) is 0 Å². The van der Waals surface area contributed by atoms with Gasteiger partial charge in [-0.05, 0) is 17.7 Å². The minimum absolute atomic E-state index is 0.170. The number of amidine groups is 1. The van der Waals surface area contributed by atoms with Crippen molar-refractivity contribution in [2.24, 2.45) is 10.7 Å². The van der Waals surface area contributed by atoms with E-state index in [0.29, 0.717) is 18.1 Å². The van der Waals surface area contributed by atoms with Crippen LogP contribution in [0.2, 0.25) is 0 Å². The second-order valence-electron chi connectivity index (χ2n) is 5.97. The Labute approximate surface area is 146 Å². The van der Waals surface area contributed by atoms with E-state index in [2.05, 4.69) is 15.0 Å². The number of sulfonamides is 1. The van der Waals surface area contributed by atoms with Gasteiger partial charge in [0.2, 0.25) is 0 Å². The Hall–Kier alpha value is -2.26. The molecule has 1 saturated heterocycles. The van der Waals surface area contributed by atoms with Crippen molar-refractivity contribution in [1.29, 1.82) is 0 Å². The molecule has 0 aliphatic carbocycles. The average Bonchev–Trinajstić information content (AvgIpc) is 3.40. The van der Waals surface area contributed by atoms with Gasteiger partial charge in [0, 0.05) is 12.6 Å². The normalized spacial score (nSPS) is 24.6. The summed E-state index contributed by atoms with van der Waals surface area (Å²) in [6, 6.07) is 16.2. The number of ether oxygens (including phenoxy) is 1. The van der Waals surface area contributed by atoms with Crippen molar-refractivity contribution >= 4 is 21.5 Å². The van der Waals surface area contributed by atoms with E-state index in [0.717, 1.165) is 5.56 Å². The van der Waals surface area contributed by atoms with Crippen LogP contribution in [-0.4, -0.2) is 33.1 Å². The molecule has 0 radical (unpaired) electrons. The summed E-state index contributed by atoms with van der Waals surface area (Å²) in [5.74, 6) is 0.296. The molecule has 2 aliphatic rings. The van der Waals surface area contributed by atoms with Gasteiger partial charge in [0.25, 0.3) is 10.0 Å². The summed E-state index contributed by atoms with van der Waals surface area (Å²) < 4.78 is 32.6. The average molecular weight is 358 g/mol. The van der Waals surface area contributed by atoms with Crippen LogP contribution in [-0.2, 0) is 14.8 Å². The number of nitrogens with two attached hydrogens (primary N) is 1. The predicted molar refractivity (Wildman–Crippen MR) is 93.9 cm³/mol. The summed E-state index contributed by atoms with van der Waals surface area (Å²) in [7, 11) is -3.61. The molecule has 0 aromatic heterocycles. The third-order valence-corrected chi connectivity index (χ3v) is 5.56. The van der Waals surface area contributed by atoms with Crippen LogP contribution in [0.15, 0.2) is 64.5 Å². The van der Waals surface area contributed by atoms with E-state index in [1.807, 2.05) is 30.3 Å². The third-order valence-electron chi connectivity index (χ3n) is 4.16. The molecule has 8 heteroatoms. The molecule has 2 aromatic carbocycles. The molecule has 130 valence electrons. The van der Waals surface area contributed by atoms with Crippen molar-refractivity contribution in [2.75, 3.05) is 6.54 Å². The van der Waals surface area contributed by atoms with Crippen LogP contribution in [0.1, 0.15) is 11.6 Å². The summed E-state index contributed by atoms with van der Waals surface area (Å²) in [4.78, 5) is 4.54. The molecule has 1 fully saturated rings. The van der Waals surface area contributed by atoms with Gasteiger partial charge in [-0.1, -0.05) is 42.5 Å². The highest BCUT2D eigenvalue weighted by Crippen LogP contribution is 2.31. The minimum atomic E-state index is -3.61. The van der Waals surface area contributed by atoms with Crippen molar-refractivity contribution < 1.29 is 13.2 Å². The van der Waals surface area contributed by atoms with Crippen LogP contribution in [0.5, 0.6) is 0 Å². The van der Waals surface area contributed by atoms with Gasteiger partial charge in [-0.25, -0.2) is 13.4 Å². The fraction of sp³-hybridized carbons (Fsp3) is 0.235. The second kappa shape index (κ2) is 6.23. The number of nitrogens with zero attached hydrogens (tertiary/aromatic N) is 1. The van der Waals surface area contributed by atoms with E-state index in [1.54, 1.807) is 18.2 Å². The molecule has 3 atom stereocenters. The van der Waals surface area contributed by atoms with E-state index in [-0.39, 0.29) is 17.2 Å². The van der Waals surface area contributed by atoms with Gasteiger partial charge >= 0.3 is 0 Å². The Balaban J connectivity index is 1.41. The topological polar surface area (TPSA) is 109 Å². The molecule has 2 heterocycles. The lowest BCUT2D eigenvalue weighted by atomic mass is 10.1. The summed E-state index contributed by atoms with van der Waals surface area (Å²) in [5.41, 5.74) is 7.59. The number of benzene rings is 2. The Morgan fingerprint density at radius 1 is 1.16 bits per heavy atom. The minimum Gasteiger partial charge on any atom is -0.345 e. The standard InChI is InChI=1S/C17H18N4O3S/c18-12(11-6-2-1-3-7-11)10-19-17-15(24-17)16-20-13-8-4-5-9-14(13)25(22,23)21-16/h1-9,12,15,17,19H,10,18H2,(H,20,21). The number of epoxide rings is 1. The second-order valence-corrected chi connectivity index (χ2v) is 7.62. The quantitative estimate of drug-likeness (QED) is 0.692. The van der Waals surface area contributed by atoms with Gasteiger partial charge in [0.1, 0.15) is 17.0 Å². The number of para-hydroxylation sites is 1. The van der Waals surface area contributed by atoms with E-state index >= 15 is 0 Å². The largest absolute Gasteiger partial charge is 0.345 e. The molecule has 0 saturated carbocycles. The van der Waals surface area contributed by atoms with E-state index in [9.17, 15) is 8.42 Å². The van der Waals surface area contributed by atoms with Crippen LogP contribution in [0.25, 0.3) is 0 Å². The fourth-order valence-corrected chi connectivity index (χ4v) is 3.97. The first-order valence-electron chi connectivity index (χ1n) is 7.94. The van der Waals surface area contributed by atoms with Gasteiger partial charge < -0.3 is 10.5 Å². The lowest BCUT2D eigenvalue weighted by Gasteiger charge is -2.16. The molecule has 7 nitrogen and oxygen atoms in total. The van der Waals surface area contributed by atoms with Gasteiger partial charge in [0.15, 0.2) is 6.10 Å². The number of hydrogen-bond donors (Lipinski definition) is 3. The molecule has 4 rings (SSSR count). The van der Waals surface area contributed by atoms with Crippen molar-refractivity contribution in [1.82, 2.24) is 10.0 Å². The maximum atomic E-state index is 12.3. The molecule has 0 spiro atoms. The van der Waals surface area contributed by atoms with Crippen molar-refractivity contribution in [3.05, 3.63) is 60.2 Å². The lowest BCUT2D eigenvalue weighted by Crippen LogP contribution is -2.39. The Morgan fingerprint density at radius 2 is 1.88 bits per heavy atom. The Bertz CT molecular complexity index is 915. The summed E-state index contributed by atoms with van der Waals surface area (Å²) in [6.07, 6.45) is -0.729. The maximum Gasteiger partial charge on any atom is 0.265 e. The SMILES string of the molecule is NC(CNC1OC1C1=Nc2ccccc2S(=O)(=O)N1)c1ccccc1. The molecular formula is C17H18N4O3S. The summed E-state index contributed by atoms with van der Waals surface area (Å²) >= 11 is 0. The van der Waals surface area contributed by atoms with Crippen LogP contribution in [0, 0.1) is 0 Å². The first-order valence-corrected chi connectivity index (χ1v) is 9.43. The Morgan fingerprint density at radius 3 is 2.68 bits per heavy atom. The first-order chi connectivity index (χ1) is 12.0. The maximum absolute atomic E-state index is 12.3. The molecule has 2 aliphatic heterocycles. The highest BCUT2D eigenvalue weighted by Gasteiger charge is 2.46. The number of hydrogen-bond acceptors (Lipinski definition) is 6. The molecule has 2 aromatic rings. The predicted octanol–water partition coefficient (Wildman–Crippen LogP) is 1.02. The number of fused-ring (bicyclic) bond motifs is 1. The van der Waals surface area contributed by atoms with Crippen LogP contribution in [0.3, 0.4) is 0 Å². The third kappa shape index (κ3) is 3.29. The number of rotatable bonds is 5. The van der Waals surface area contributed by atoms with Crippen molar-refractivity contribution in [3.63, 3.8) is 0 Å². The molecular weight excluding hydrogens is 340 g/mol. The van der Waals surface area contributed by atoms with E-state index in [1.165, 1.54) is 6.07 Å². The molecule has 3 unspecified atom stereocenters. The van der Waals surface area contributed by atoms with Crippen LogP contribution >= 0.6 is 0 Å². The monoisotopic (exact) mass is 358 g/mol. The molecule has 0 amide bonds. The summed E-state index contributed by atoms with van der Waals surface area (Å²) in [6.45, 7) is 0.516. The zero-order chi connectivity index (χ0) is 17.4. The zero-order valence-electron chi connectivity index (χ0n) is 13.3. The lowest BCUT2D eigenvalue weighted by molar-refractivity contribution is 0.355. The van der Waals surface area contributed by atoms with Crippen molar-refractivity contribution in [3.8, 4) is 0 Å². The van der Waals surface area contributed by atoms with E-state index in [4.69, 9.17) is 10.5 Å². The fourth-order valence-electron chi connectivity index (χ4n) is 2.78. The van der Waals surface area contributed by atoms with Gasteiger partial charge in [-0.2, -0.15) is 0 Å². The molecule has 0 bridgehead atoms. The zero-order valence-corrected chi connectivity index (χ0v) is 14.1. The number of nitrogens with one attached hydrogen (secondary N) is 2. The highest BCUT2D eigenvalue weighted by molar-refractivity contribution is 7.90. The van der Waals surface area contributed by atoms with E-state index < -0.39 is 16.1 Å². The smallest absolute Gasteiger partial charge is 0.265 e. The molecule has 4 N–H and O–H groups in total.